The molecule has 1 fully saturated rings. The number of hydrogen-bond donors (Lipinski definition) is 0. The van der Waals surface area contributed by atoms with Crippen LogP contribution in [0.4, 0.5) is 0 Å². The van der Waals surface area contributed by atoms with Crippen LogP contribution in [-0.4, -0.2) is 30.7 Å². The molecule has 0 unspecified atom stereocenters. The van der Waals surface area contributed by atoms with Crippen LogP contribution in [0.1, 0.15) is 156 Å². The van der Waals surface area contributed by atoms with Crippen molar-refractivity contribution in [2.75, 3.05) is 20.6 Å². The van der Waals surface area contributed by atoms with Crippen molar-refractivity contribution < 1.29 is 4.48 Å². The fourth-order valence-corrected chi connectivity index (χ4v) is 6.74. The molecule has 0 N–H and O–H groups in total. The van der Waals surface area contributed by atoms with Crippen molar-refractivity contribution in [3.05, 3.63) is 0 Å². The minimum absolute atomic E-state index is 0.525. The highest BCUT2D eigenvalue weighted by Gasteiger charge is 2.48. The molecule has 1 nitrogen and oxygen atoms in total. The summed E-state index contributed by atoms with van der Waals surface area (Å²) in [5, 5.41) is 0. The maximum absolute atomic E-state index is 2.56. The Hall–Kier alpha value is -0.0400. The van der Waals surface area contributed by atoms with E-state index in [0.717, 1.165) is 5.92 Å². The van der Waals surface area contributed by atoms with Crippen LogP contribution in [0, 0.1) is 5.92 Å². The molecule has 0 aromatic rings. The number of unbranched alkanes of at least 4 members (excludes halogenated alkanes) is 13. The Kier molecular flexibility index (Phi) is 15.5. The van der Waals surface area contributed by atoms with Crippen LogP contribution >= 0.6 is 0 Å². The second-order valence-corrected chi connectivity index (χ2v) is 11.2. The van der Waals surface area contributed by atoms with Crippen LogP contribution in [-0.2, 0) is 0 Å². The fourth-order valence-electron chi connectivity index (χ4n) is 6.74. The van der Waals surface area contributed by atoms with Gasteiger partial charge >= 0.3 is 0 Å². The van der Waals surface area contributed by atoms with Crippen molar-refractivity contribution in [1.82, 2.24) is 0 Å². The molecule has 0 radical (unpaired) electrons. The third-order valence-corrected chi connectivity index (χ3v) is 8.87. The lowest BCUT2D eigenvalue weighted by molar-refractivity contribution is -0.948. The summed E-state index contributed by atoms with van der Waals surface area (Å²) in [6.45, 7) is 8.64. The normalized spacial score (nSPS) is 16.3. The van der Waals surface area contributed by atoms with Gasteiger partial charge in [-0.2, -0.15) is 0 Å². The molecule has 0 spiro atoms. The van der Waals surface area contributed by atoms with Gasteiger partial charge in [-0.05, 0) is 38.5 Å². The Bertz CT molecular complexity index is 376. The highest BCUT2D eigenvalue weighted by atomic mass is 15.4. The van der Waals surface area contributed by atoms with Gasteiger partial charge in [-0.1, -0.05) is 117 Å². The molecular formula is C29H60N+. The van der Waals surface area contributed by atoms with Gasteiger partial charge in [-0.25, -0.2) is 0 Å². The first-order valence-electron chi connectivity index (χ1n) is 14.4. The SMILES string of the molecule is CCCCCCCCCCCCCCCC[N+](C)(C)C(CC)(CC)C1CCCCC1. The van der Waals surface area contributed by atoms with Crippen molar-refractivity contribution in [2.45, 2.75) is 161 Å². The Morgan fingerprint density at radius 3 is 1.37 bits per heavy atom. The van der Waals surface area contributed by atoms with Crippen LogP contribution in [0.25, 0.3) is 0 Å². The summed E-state index contributed by atoms with van der Waals surface area (Å²) >= 11 is 0. The maximum atomic E-state index is 2.56. The van der Waals surface area contributed by atoms with Crippen molar-refractivity contribution in [3.63, 3.8) is 0 Å². The minimum Gasteiger partial charge on any atom is -0.323 e. The van der Waals surface area contributed by atoms with E-state index < -0.39 is 0 Å². The lowest BCUT2D eigenvalue weighted by Gasteiger charge is -2.53. The molecular weight excluding hydrogens is 362 g/mol. The number of rotatable bonds is 19. The Morgan fingerprint density at radius 2 is 0.967 bits per heavy atom. The molecule has 0 aromatic carbocycles. The van der Waals surface area contributed by atoms with E-state index in [4.69, 9.17) is 0 Å². The largest absolute Gasteiger partial charge is 0.323 e. The summed E-state index contributed by atoms with van der Waals surface area (Å²) in [7, 11) is 5.12. The van der Waals surface area contributed by atoms with E-state index in [0.29, 0.717) is 5.54 Å². The zero-order valence-electron chi connectivity index (χ0n) is 22.1. The minimum atomic E-state index is 0.525. The van der Waals surface area contributed by atoms with Crippen molar-refractivity contribution in [2.24, 2.45) is 5.92 Å². The molecule has 180 valence electrons. The quantitative estimate of drug-likeness (QED) is 0.143. The summed E-state index contributed by atoms with van der Waals surface area (Å²) in [5.41, 5.74) is 0.525. The Balaban J connectivity index is 2.12. The van der Waals surface area contributed by atoms with E-state index in [2.05, 4.69) is 34.9 Å². The first kappa shape index (κ1) is 28.0. The standard InChI is InChI=1S/C29H60N/c1-6-9-10-11-12-13-14-15-16-17-18-19-20-24-27-30(4,5)29(7-2,8-3)28-25-22-21-23-26-28/h28H,6-27H2,1-5H3/q+1. The highest BCUT2D eigenvalue weighted by Crippen LogP contribution is 2.43. The molecule has 1 aliphatic carbocycles. The van der Waals surface area contributed by atoms with Gasteiger partial charge in [0.2, 0.25) is 0 Å². The maximum Gasteiger partial charge on any atom is 0.101 e. The second kappa shape index (κ2) is 16.6. The average molecular weight is 423 g/mol. The van der Waals surface area contributed by atoms with Crippen LogP contribution in [0.5, 0.6) is 0 Å². The average Bonchev–Trinajstić information content (AvgIpc) is 2.76. The molecule has 0 heterocycles. The van der Waals surface area contributed by atoms with E-state index in [1.807, 2.05) is 0 Å². The van der Waals surface area contributed by atoms with Gasteiger partial charge in [0.05, 0.1) is 20.6 Å². The van der Waals surface area contributed by atoms with Gasteiger partial charge in [0, 0.05) is 5.92 Å². The smallest absolute Gasteiger partial charge is 0.101 e. The monoisotopic (exact) mass is 422 g/mol. The van der Waals surface area contributed by atoms with Crippen molar-refractivity contribution in [1.29, 1.82) is 0 Å². The van der Waals surface area contributed by atoms with Gasteiger partial charge in [-0.3, -0.25) is 0 Å². The number of hydrogen-bond acceptors (Lipinski definition) is 0. The zero-order valence-corrected chi connectivity index (χ0v) is 22.1. The van der Waals surface area contributed by atoms with Crippen LogP contribution < -0.4 is 0 Å². The van der Waals surface area contributed by atoms with E-state index in [9.17, 15) is 0 Å². The highest BCUT2D eigenvalue weighted by molar-refractivity contribution is 4.88. The van der Waals surface area contributed by atoms with E-state index >= 15 is 0 Å². The number of quaternary nitrogens is 1. The van der Waals surface area contributed by atoms with Crippen LogP contribution in [0.15, 0.2) is 0 Å². The summed E-state index contributed by atoms with van der Waals surface area (Å²) in [4.78, 5) is 0. The van der Waals surface area contributed by atoms with Gasteiger partial charge in [0.1, 0.15) is 5.54 Å². The number of nitrogens with zero attached hydrogens (tertiary/aromatic N) is 1. The van der Waals surface area contributed by atoms with Crippen molar-refractivity contribution >= 4 is 0 Å². The molecule has 0 bridgehead atoms. The third kappa shape index (κ3) is 9.62. The molecule has 0 aromatic heterocycles. The lowest BCUT2D eigenvalue weighted by atomic mass is 9.69. The van der Waals surface area contributed by atoms with Gasteiger partial charge in [0.15, 0.2) is 0 Å². The summed E-state index contributed by atoms with van der Waals surface area (Å²) in [5.74, 6) is 0.961. The Labute approximate surface area is 192 Å². The van der Waals surface area contributed by atoms with Gasteiger partial charge in [0.25, 0.3) is 0 Å². The van der Waals surface area contributed by atoms with E-state index in [-0.39, 0.29) is 0 Å². The zero-order chi connectivity index (χ0) is 22.1. The van der Waals surface area contributed by atoms with Gasteiger partial charge < -0.3 is 4.48 Å². The van der Waals surface area contributed by atoms with E-state index in [1.54, 1.807) is 0 Å². The molecule has 0 aliphatic heterocycles. The fraction of sp³-hybridized carbons (Fsp3) is 1.00. The molecule has 0 amide bonds. The molecule has 1 rings (SSSR count). The van der Waals surface area contributed by atoms with Crippen LogP contribution in [0.2, 0.25) is 0 Å². The van der Waals surface area contributed by atoms with Crippen LogP contribution in [0.3, 0.4) is 0 Å². The predicted octanol–water partition coefficient (Wildman–Crippen LogP) is 9.68. The third-order valence-electron chi connectivity index (χ3n) is 8.87. The summed E-state index contributed by atoms with van der Waals surface area (Å²) in [6, 6.07) is 0. The first-order valence-corrected chi connectivity index (χ1v) is 14.4. The van der Waals surface area contributed by atoms with Gasteiger partial charge in [-0.15, -0.1) is 0 Å². The summed E-state index contributed by atoms with van der Waals surface area (Å²) in [6.07, 6.45) is 30.6. The lowest BCUT2D eigenvalue weighted by Crippen LogP contribution is -2.63. The second-order valence-electron chi connectivity index (χ2n) is 11.2. The topological polar surface area (TPSA) is 0 Å². The molecule has 1 aliphatic rings. The molecule has 30 heavy (non-hydrogen) atoms. The van der Waals surface area contributed by atoms with E-state index in [1.165, 1.54) is 146 Å². The summed E-state index contributed by atoms with van der Waals surface area (Å²) < 4.78 is 1.27. The molecule has 0 saturated heterocycles. The molecule has 1 heteroatoms. The first-order chi connectivity index (χ1) is 14.5. The Morgan fingerprint density at radius 1 is 0.567 bits per heavy atom. The van der Waals surface area contributed by atoms with Crippen molar-refractivity contribution in [3.8, 4) is 0 Å². The molecule has 0 atom stereocenters. The molecule has 1 saturated carbocycles. The predicted molar refractivity (Wildman–Crippen MR) is 137 cm³/mol.